The summed E-state index contributed by atoms with van der Waals surface area (Å²) in [5, 5.41) is 24.1. The van der Waals surface area contributed by atoms with E-state index in [4.69, 9.17) is 8.83 Å². The summed E-state index contributed by atoms with van der Waals surface area (Å²) in [7, 11) is 0. The van der Waals surface area contributed by atoms with E-state index in [9.17, 15) is 20.0 Å². The van der Waals surface area contributed by atoms with Crippen molar-refractivity contribution in [1.29, 1.82) is 0 Å². The molecule has 0 spiro atoms. The van der Waals surface area contributed by atoms with Crippen molar-refractivity contribution in [2.24, 2.45) is 0 Å². The van der Waals surface area contributed by atoms with E-state index in [0.29, 0.717) is 33.7 Å². The second kappa shape index (κ2) is 8.45. The van der Waals surface area contributed by atoms with E-state index >= 15 is 0 Å². The first-order valence-corrected chi connectivity index (χ1v) is 10.7. The molecule has 0 atom stereocenters. The maximum Gasteiger partial charge on any atom is 0.291 e. The Morgan fingerprint density at radius 1 is 1.03 bits per heavy atom. The van der Waals surface area contributed by atoms with Crippen molar-refractivity contribution in [1.82, 2.24) is 4.98 Å². The fourth-order valence-electron chi connectivity index (χ4n) is 3.86. The number of nitro benzene ring substituents is 1. The minimum atomic E-state index is -0.526. The number of phenols is 1. The van der Waals surface area contributed by atoms with Crippen molar-refractivity contribution in [3.63, 3.8) is 0 Å². The molecule has 0 bridgehead atoms. The molecule has 0 fully saturated rings. The highest BCUT2D eigenvalue weighted by molar-refractivity contribution is 6.03. The second-order valence-corrected chi connectivity index (χ2v) is 8.11. The zero-order chi connectivity index (χ0) is 24.7. The van der Waals surface area contributed by atoms with Crippen LogP contribution < -0.4 is 5.32 Å². The number of carbonyl (C=O) groups is 1. The van der Waals surface area contributed by atoms with Crippen molar-refractivity contribution >= 4 is 28.4 Å². The van der Waals surface area contributed by atoms with E-state index in [1.165, 1.54) is 24.3 Å². The molecule has 0 aliphatic heterocycles. The fourth-order valence-corrected chi connectivity index (χ4v) is 3.86. The minimum Gasteiger partial charge on any atom is -0.507 e. The summed E-state index contributed by atoms with van der Waals surface area (Å²) in [6, 6.07) is 17.4. The van der Waals surface area contributed by atoms with Gasteiger partial charge in [-0.05, 0) is 61.4 Å². The lowest BCUT2D eigenvalue weighted by atomic mass is 10.1. The number of aryl methyl sites for hydroxylation is 2. The number of phenolic OH excluding ortho intramolecular Hbond substituents is 1. The molecule has 9 heteroatoms. The van der Waals surface area contributed by atoms with Gasteiger partial charge in [-0.1, -0.05) is 18.2 Å². The first kappa shape index (κ1) is 21.9. The summed E-state index contributed by atoms with van der Waals surface area (Å²) in [6.45, 7) is 3.89. The number of rotatable bonds is 5. The minimum absolute atomic E-state index is 0.0223. The average molecular weight is 469 g/mol. The zero-order valence-electron chi connectivity index (χ0n) is 18.7. The van der Waals surface area contributed by atoms with Crippen LogP contribution in [0.3, 0.4) is 0 Å². The van der Waals surface area contributed by atoms with Crippen molar-refractivity contribution in [3.8, 4) is 28.5 Å². The van der Waals surface area contributed by atoms with Crippen LogP contribution in [0.1, 0.15) is 21.7 Å². The van der Waals surface area contributed by atoms with E-state index in [0.717, 1.165) is 11.1 Å². The van der Waals surface area contributed by atoms with Gasteiger partial charge in [-0.15, -0.1) is 0 Å². The van der Waals surface area contributed by atoms with Crippen molar-refractivity contribution in [3.05, 3.63) is 93.7 Å². The molecule has 2 aromatic heterocycles. The van der Waals surface area contributed by atoms with Crippen LogP contribution in [-0.4, -0.2) is 20.9 Å². The van der Waals surface area contributed by atoms with Gasteiger partial charge < -0.3 is 19.3 Å². The van der Waals surface area contributed by atoms with Crippen molar-refractivity contribution < 1.29 is 23.7 Å². The molecule has 0 aliphatic rings. The van der Waals surface area contributed by atoms with Gasteiger partial charge in [0, 0.05) is 23.4 Å². The van der Waals surface area contributed by atoms with Gasteiger partial charge >= 0.3 is 0 Å². The number of carbonyl (C=O) groups excluding carboxylic acids is 1. The van der Waals surface area contributed by atoms with Gasteiger partial charge in [-0.2, -0.15) is 0 Å². The molecule has 0 radical (unpaired) electrons. The first-order chi connectivity index (χ1) is 16.8. The van der Waals surface area contributed by atoms with Crippen LogP contribution in [0.25, 0.3) is 33.9 Å². The van der Waals surface area contributed by atoms with Crippen LogP contribution in [0.2, 0.25) is 0 Å². The second-order valence-electron chi connectivity index (χ2n) is 8.11. The summed E-state index contributed by atoms with van der Waals surface area (Å²) in [4.78, 5) is 27.8. The standard InChI is InChI=1S/C26H19N3O6/c1-14-10-15(2)24-20(11-14)28-26(35-24)19-13-17(6-7-21(19)30)27-25(31)23-9-8-22(34-23)16-4-3-5-18(12-16)29(32)33/h3-13,30H,1-2H3,(H,27,31). The third-order valence-corrected chi connectivity index (χ3v) is 5.48. The van der Waals surface area contributed by atoms with Crippen molar-refractivity contribution in [2.45, 2.75) is 13.8 Å². The molecule has 5 aromatic rings. The normalized spacial score (nSPS) is 11.0. The quantitative estimate of drug-likeness (QED) is 0.177. The number of nitrogens with one attached hydrogen (secondary N) is 1. The lowest BCUT2D eigenvalue weighted by Gasteiger charge is -2.06. The molecular formula is C26H19N3O6. The number of benzene rings is 3. The van der Waals surface area contributed by atoms with E-state index < -0.39 is 10.8 Å². The Morgan fingerprint density at radius 2 is 1.86 bits per heavy atom. The molecule has 3 aromatic carbocycles. The maximum atomic E-state index is 12.8. The number of aromatic hydroxyl groups is 1. The summed E-state index contributed by atoms with van der Waals surface area (Å²) >= 11 is 0. The first-order valence-electron chi connectivity index (χ1n) is 10.7. The van der Waals surface area contributed by atoms with Gasteiger partial charge in [-0.25, -0.2) is 4.98 Å². The summed E-state index contributed by atoms with van der Waals surface area (Å²) in [5.41, 5.74) is 4.40. The predicted octanol–water partition coefficient (Wildman–Crippen LogP) is 6.24. The van der Waals surface area contributed by atoms with E-state index in [2.05, 4.69) is 10.3 Å². The lowest BCUT2D eigenvalue weighted by Crippen LogP contribution is -2.10. The molecule has 0 unspecified atom stereocenters. The summed E-state index contributed by atoms with van der Waals surface area (Å²) in [6.07, 6.45) is 0. The van der Waals surface area contributed by atoms with Crippen LogP contribution >= 0.6 is 0 Å². The van der Waals surface area contributed by atoms with Gasteiger partial charge in [0.25, 0.3) is 11.6 Å². The Bertz CT molecular complexity index is 1610. The fraction of sp³-hybridized carbons (Fsp3) is 0.0769. The molecule has 0 aliphatic carbocycles. The number of nitrogens with zero attached hydrogens (tertiary/aromatic N) is 2. The largest absolute Gasteiger partial charge is 0.507 e. The summed E-state index contributed by atoms with van der Waals surface area (Å²) < 4.78 is 11.5. The number of aromatic nitrogens is 1. The van der Waals surface area contributed by atoms with Gasteiger partial charge in [0.1, 0.15) is 17.0 Å². The Labute approximate surface area is 198 Å². The third-order valence-electron chi connectivity index (χ3n) is 5.48. The number of amides is 1. The predicted molar refractivity (Wildman–Crippen MR) is 129 cm³/mol. The number of nitro groups is 1. The van der Waals surface area contributed by atoms with Crippen LogP contribution in [0.4, 0.5) is 11.4 Å². The van der Waals surface area contributed by atoms with E-state index in [1.54, 1.807) is 30.3 Å². The van der Waals surface area contributed by atoms with E-state index in [1.807, 2.05) is 26.0 Å². The number of hydrogen-bond acceptors (Lipinski definition) is 7. The number of furan rings is 1. The molecule has 1 amide bonds. The number of hydrogen-bond donors (Lipinski definition) is 2. The molecule has 2 N–H and O–H groups in total. The highest BCUT2D eigenvalue weighted by Gasteiger charge is 2.18. The number of anilines is 1. The Kier molecular flexibility index (Phi) is 5.29. The monoisotopic (exact) mass is 469 g/mol. The Hall–Kier alpha value is -4.92. The maximum absolute atomic E-state index is 12.8. The van der Waals surface area contributed by atoms with Crippen LogP contribution in [0, 0.1) is 24.0 Å². The molecule has 35 heavy (non-hydrogen) atoms. The topological polar surface area (TPSA) is 132 Å². The molecule has 0 saturated heterocycles. The van der Waals surface area contributed by atoms with Crippen LogP contribution in [0.5, 0.6) is 5.75 Å². The van der Waals surface area contributed by atoms with Gasteiger partial charge in [-0.3, -0.25) is 14.9 Å². The number of fused-ring (bicyclic) bond motifs is 1. The average Bonchev–Trinajstić information content (AvgIpc) is 3.48. The molecule has 0 saturated carbocycles. The SMILES string of the molecule is Cc1cc(C)c2oc(-c3cc(NC(=O)c4ccc(-c5cccc([N+](=O)[O-])c5)o4)ccc3O)nc2c1. The summed E-state index contributed by atoms with van der Waals surface area (Å²) in [5.74, 6) is 0.00183. The number of non-ortho nitro benzene ring substituents is 1. The van der Waals surface area contributed by atoms with Gasteiger partial charge in [0.15, 0.2) is 11.3 Å². The third kappa shape index (κ3) is 4.22. The highest BCUT2D eigenvalue weighted by atomic mass is 16.6. The van der Waals surface area contributed by atoms with Gasteiger partial charge in [0.05, 0.1) is 10.5 Å². The molecular weight excluding hydrogens is 450 g/mol. The lowest BCUT2D eigenvalue weighted by molar-refractivity contribution is -0.384. The Balaban J connectivity index is 1.40. The highest BCUT2D eigenvalue weighted by Crippen LogP contribution is 2.35. The van der Waals surface area contributed by atoms with Crippen LogP contribution in [-0.2, 0) is 0 Å². The van der Waals surface area contributed by atoms with Crippen LogP contribution in [0.15, 0.2) is 75.6 Å². The molecule has 5 rings (SSSR count). The molecule has 2 heterocycles. The van der Waals surface area contributed by atoms with E-state index in [-0.39, 0.29) is 23.1 Å². The van der Waals surface area contributed by atoms with Crippen molar-refractivity contribution in [2.75, 3.05) is 5.32 Å². The molecule has 174 valence electrons. The van der Waals surface area contributed by atoms with Gasteiger partial charge in [0.2, 0.25) is 5.89 Å². The Morgan fingerprint density at radius 3 is 2.66 bits per heavy atom. The molecule has 9 nitrogen and oxygen atoms in total. The smallest absolute Gasteiger partial charge is 0.291 e. The zero-order valence-corrected chi connectivity index (χ0v) is 18.7. The number of oxazole rings is 1.